The van der Waals surface area contributed by atoms with Crippen LogP contribution in [-0.4, -0.2) is 22.8 Å². The molecular weight excluding hydrogens is 386 g/mol. The molecule has 0 fully saturated rings. The van der Waals surface area contributed by atoms with Crippen molar-refractivity contribution in [1.82, 2.24) is 15.1 Å². The van der Waals surface area contributed by atoms with E-state index < -0.39 is 0 Å². The number of ether oxygens (including phenoxy) is 1. The summed E-state index contributed by atoms with van der Waals surface area (Å²) in [5.74, 6) is 0.696. The van der Waals surface area contributed by atoms with Crippen LogP contribution in [0.25, 0.3) is 11.1 Å². The van der Waals surface area contributed by atoms with Crippen molar-refractivity contribution in [2.45, 2.75) is 19.5 Å². The number of para-hydroxylation sites is 1. The lowest BCUT2D eigenvalue weighted by molar-refractivity contribution is -0.120. The lowest BCUT2D eigenvalue weighted by Crippen LogP contribution is -2.25. The van der Waals surface area contributed by atoms with Crippen molar-refractivity contribution in [2.24, 2.45) is 0 Å². The van der Waals surface area contributed by atoms with Crippen LogP contribution in [-0.2, 0) is 24.3 Å². The lowest BCUT2D eigenvalue weighted by atomic mass is 9.98. The highest BCUT2D eigenvalue weighted by Crippen LogP contribution is 2.24. The third-order valence-electron chi connectivity index (χ3n) is 5.21. The highest BCUT2D eigenvalue weighted by atomic mass is 16.5. The molecule has 0 bridgehead atoms. The van der Waals surface area contributed by atoms with E-state index in [0.717, 1.165) is 34.5 Å². The maximum Gasteiger partial charge on any atom is 0.224 e. The molecule has 0 saturated carbocycles. The molecule has 0 aliphatic carbocycles. The standard InChI is InChI=1S/C26H25N3O2/c1-31-25-10-5-3-7-22(25)17-26(30)27-18-23-8-2-4-9-24(23)21-13-11-20(12-14-21)19-29-16-6-15-28-29/h2-16H,17-19H2,1H3,(H,27,30). The summed E-state index contributed by atoms with van der Waals surface area (Å²) >= 11 is 0. The largest absolute Gasteiger partial charge is 0.496 e. The van der Waals surface area contributed by atoms with Crippen LogP contribution in [0.3, 0.4) is 0 Å². The molecule has 31 heavy (non-hydrogen) atoms. The molecule has 0 atom stereocenters. The van der Waals surface area contributed by atoms with Crippen LogP contribution in [0.2, 0.25) is 0 Å². The number of carbonyl (C=O) groups is 1. The fraction of sp³-hybridized carbons (Fsp3) is 0.154. The molecule has 4 rings (SSSR count). The van der Waals surface area contributed by atoms with E-state index in [1.54, 1.807) is 13.3 Å². The van der Waals surface area contributed by atoms with E-state index >= 15 is 0 Å². The Morgan fingerprint density at radius 1 is 0.935 bits per heavy atom. The number of nitrogens with zero attached hydrogens (tertiary/aromatic N) is 2. The fourth-order valence-corrected chi connectivity index (χ4v) is 3.61. The average Bonchev–Trinajstić information content (AvgIpc) is 3.32. The highest BCUT2D eigenvalue weighted by Gasteiger charge is 2.10. The molecule has 1 N–H and O–H groups in total. The van der Waals surface area contributed by atoms with Crippen molar-refractivity contribution >= 4 is 5.91 Å². The van der Waals surface area contributed by atoms with Crippen molar-refractivity contribution < 1.29 is 9.53 Å². The Hall–Kier alpha value is -3.86. The van der Waals surface area contributed by atoms with E-state index in [4.69, 9.17) is 4.74 Å². The van der Waals surface area contributed by atoms with E-state index in [2.05, 4.69) is 46.8 Å². The van der Waals surface area contributed by atoms with Gasteiger partial charge in [0.15, 0.2) is 0 Å². The summed E-state index contributed by atoms with van der Waals surface area (Å²) in [6, 6.07) is 26.2. The van der Waals surface area contributed by atoms with Crippen molar-refractivity contribution in [3.05, 3.63) is 108 Å². The molecule has 0 aliphatic heterocycles. The van der Waals surface area contributed by atoms with Crippen LogP contribution < -0.4 is 10.1 Å². The van der Waals surface area contributed by atoms with E-state index in [-0.39, 0.29) is 12.3 Å². The first-order valence-corrected chi connectivity index (χ1v) is 10.3. The zero-order valence-corrected chi connectivity index (χ0v) is 17.5. The summed E-state index contributed by atoms with van der Waals surface area (Å²) in [4.78, 5) is 12.5. The number of benzene rings is 3. The molecular formula is C26H25N3O2. The molecule has 0 saturated heterocycles. The maximum absolute atomic E-state index is 12.5. The molecule has 0 unspecified atom stereocenters. The molecule has 1 aromatic heterocycles. The van der Waals surface area contributed by atoms with E-state index in [9.17, 15) is 4.79 Å². The van der Waals surface area contributed by atoms with Gasteiger partial charge in [0.1, 0.15) is 5.75 Å². The molecule has 0 spiro atoms. The van der Waals surface area contributed by atoms with Gasteiger partial charge in [-0.1, -0.05) is 66.7 Å². The van der Waals surface area contributed by atoms with Gasteiger partial charge in [0.25, 0.3) is 0 Å². The number of hydrogen-bond acceptors (Lipinski definition) is 3. The predicted octanol–water partition coefficient (Wildman–Crippen LogP) is 4.47. The fourth-order valence-electron chi connectivity index (χ4n) is 3.61. The molecule has 0 radical (unpaired) electrons. The van der Waals surface area contributed by atoms with Gasteiger partial charge in [0, 0.05) is 24.5 Å². The molecule has 1 amide bonds. The Morgan fingerprint density at radius 2 is 1.68 bits per heavy atom. The molecule has 0 aliphatic rings. The Morgan fingerprint density at radius 3 is 2.42 bits per heavy atom. The number of methoxy groups -OCH3 is 1. The summed E-state index contributed by atoms with van der Waals surface area (Å²) < 4.78 is 7.25. The summed E-state index contributed by atoms with van der Waals surface area (Å²) in [5, 5.41) is 7.30. The average molecular weight is 412 g/mol. The van der Waals surface area contributed by atoms with Gasteiger partial charge in [-0.2, -0.15) is 5.10 Å². The van der Waals surface area contributed by atoms with E-state index in [1.165, 1.54) is 5.56 Å². The second-order valence-corrected chi connectivity index (χ2v) is 7.32. The van der Waals surface area contributed by atoms with Crippen molar-refractivity contribution in [3.8, 4) is 16.9 Å². The third-order valence-corrected chi connectivity index (χ3v) is 5.21. The van der Waals surface area contributed by atoms with Crippen molar-refractivity contribution in [1.29, 1.82) is 0 Å². The third kappa shape index (κ3) is 5.20. The first-order chi connectivity index (χ1) is 15.2. The van der Waals surface area contributed by atoms with Crippen LogP contribution in [0.1, 0.15) is 16.7 Å². The van der Waals surface area contributed by atoms with Crippen LogP contribution in [0.5, 0.6) is 5.75 Å². The second kappa shape index (κ2) is 9.76. The summed E-state index contributed by atoms with van der Waals surface area (Å²) in [5.41, 5.74) is 5.39. The molecule has 4 aromatic rings. The molecule has 1 heterocycles. The molecule has 3 aromatic carbocycles. The lowest BCUT2D eigenvalue weighted by Gasteiger charge is -2.13. The smallest absolute Gasteiger partial charge is 0.224 e. The van der Waals surface area contributed by atoms with Crippen LogP contribution in [0.15, 0.2) is 91.3 Å². The van der Waals surface area contributed by atoms with Gasteiger partial charge >= 0.3 is 0 Å². The van der Waals surface area contributed by atoms with E-state index in [0.29, 0.717) is 6.54 Å². The molecule has 156 valence electrons. The number of nitrogens with one attached hydrogen (secondary N) is 1. The predicted molar refractivity (Wildman–Crippen MR) is 122 cm³/mol. The quantitative estimate of drug-likeness (QED) is 0.466. The second-order valence-electron chi connectivity index (χ2n) is 7.32. The SMILES string of the molecule is COc1ccccc1CC(=O)NCc1ccccc1-c1ccc(Cn2cccn2)cc1. The van der Waals surface area contributed by atoms with Crippen LogP contribution >= 0.6 is 0 Å². The van der Waals surface area contributed by atoms with E-state index in [1.807, 2.05) is 53.3 Å². The Bertz CT molecular complexity index is 1140. The van der Waals surface area contributed by atoms with Gasteiger partial charge in [-0.25, -0.2) is 0 Å². The number of hydrogen-bond donors (Lipinski definition) is 1. The summed E-state index contributed by atoms with van der Waals surface area (Å²) in [6.45, 7) is 1.22. The zero-order valence-electron chi connectivity index (χ0n) is 17.5. The zero-order chi connectivity index (χ0) is 21.5. The maximum atomic E-state index is 12.5. The number of carbonyl (C=O) groups excluding carboxylic acids is 1. The van der Waals surface area contributed by atoms with Crippen LogP contribution in [0, 0.1) is 0 Å². The number of aromatic nitrogens is 2. The van der Waals surface area contributed by atoms with Gasteiger partial charge in [-0.05, 0) is 34.4 Å². The topological polar surface area (TPSA) is 56.1 Å². The van der Waals surface area contributed by atoms with Crippen molar-refractivity contribution in [3.63, 3.8) is 0 Å². The normalized spacial score (nSPS) is 10.6. The first kappa shape index (κ1) is 20.4. The Kier molecular flexibility index (Phi) is 6.43. The van der Waals surface area contributed by atoms with Gasteiger partial charge in [-0.15, -0.1) is 0 Å². The molecule has 5 nitrogen and oxygen atoms in total. The number of amides is 1. The van der Waals surface area contributed by atoms with Crippen LogP contribution in [0.4, 0.5) is 0 Å². The monoisotopic (exact) mass is 411 g/mol. The summed E-state index contributed by atoms with van der Waals surface area (Å²) in [7, 11) is 1.62. The van der Waals surface area contributed by atoms with Gasteiger partial charge < -0.3 is 10.1 Å². The minimum absolute atomic E-state index is 0.0335. The van der Waals surface area contributed by atoms with Gasteiger partial charge in [0.05, 0.1) is 20.1 Å². The first-order valence-electron chi connectivity index (χ1n) is 10.3. The Balaban J connectivity index is 1.43. The Labute approximate surface area is 182 Å². The minimum atomic E-state index is -0.0335. The summed E-state index contributed by atoms with van der Waals surface area (Å²) in [6.07, 6.45) is 4.03. The minimum Gasteiger partial charge on any atom is -0.496 e. The number of rotatable bonds is 8. The highest BCUT2D eigenvalue weighted by molar-refractivity contribution is 5.79. The van der Waals surface area contributed by atoms with Gasteiger partial charge in [0.2, 0.25) is 5.91 Å². The van der Waals surface area contributed by atoms with Gasteiger partial charge in [-0.3, -0.25) is 9.48 Å². The van der Waals surface area contributed by atoms with Crippen molar-refractivity contribution in [2.75, 3.05) is 7.11 Å². The molecule has 5 heteroatoms.